The zero-order valence-corrected chi connectivity index (χ0v) is 14.1. The number of hydrogen-bond donors (Lipinski definition) is 0. The molecule has 0 aliphatic heterocycles. The van der Waals surface area contributed by atoms with Crippen molar-refractivity contribution < 1.29 is 22.3 Å². The van der Waals surface area contributed by atoms with Gasteiger partial charge in [-0.2, -0.15) is 0 Å². The van der Waals surface area contributed by atoms with Gasteiger partial charge in [-0.1, -0.05) is 25.1 Å². The van der Waals surface area contributed by atoms with Gasteiger partial charge in [-0.25, -0.2) is 13.8 Å². The Morgan fingerprint density at radius 3 is 2.67 bits per heavy atom. The maximum Gasteiger partial charge on any atom is 0.264 e. The number of rotatable bonds is 5. The van der Waals surface area contributed by atoms with E-state index >= 15 is 0 Å². The number of halogens is 2. The molecular weight excluding hydrogens is 335 g/mol. The molecular formula is C17H16F2NO3P. The molecule has 0 aliphatic carbocycles. The van der Waals surface area contributed by atoms with Crippen molar-refractivity contribution in [1.82, 2.24) is 4.98 Å². The van der Waals surface area contributed by atoms with Crippen molar-refractivity contribution in [3.8, 4) is 11.5 Å². The van der Waals surface area contributed by atoms with Crippen LogP contribution in [0.1, 0.15) is 18.9 Å². The van der Waals surface area contributed by atoms with E-state index in [0.717, 1.165) is 0 Å². The van der Waals surface area contributed by atoms with Crippen molar-refractivity contribution in [1.29, 1.82) is 0 Å². The van der Waals surface area contributed by atoms with Gasteiger partial charge in [0.25, 0.3) is 6.43 Å². The summed E-state index contributed by atoms with van der Waals surface area (Å²) in [4.78, 5) is 4.29. The summed E-state index contributed by atoms with van der Waals surface area (Å²) in [6, 6.07) is 11.0. The predicted molar refractivity (Wildman–Crippen MR) is 89.2 cm³/mol. The highest BCUT2D eigenvalue weighted by Gasteiger charge is 2.24. The molecule has 1 atom stereocenters. The Kier molecular flexibility index (Phi) is 4.52. The van der Waals surface area contributed by atoms with Gasteiger partial charge >= 0.3 is 0 Å². The van der Waals surface area contributed by atoms with Gasteiger partial charge in [0.15, 0.2) is 5.58 Å². The fraction of sp³-hybridized carbons (Fsp3) is 0.235. The average molecular weight is 351 g/mol. The number of fused-ring (bicyclic) bond motifs is 1. The fourth-order valence-electron chi connectivity index (χ4n) is 2.54. The minimum Gasteiger partial charge on any atom is -0.436 e. The summed E-state index contributed by atoms with van der Waals surface area (Å²) in [5, 5.41) is 0.530. The first-order chi connectivity index (χ1) is 11.5. The number of benzene rings is 2. The van der Waals surface area contributed by atoms with Crippen LogP contribution in [0.15, 0.2) is 46.9 Å². The fourth-order valence-corrected chi connectivity index (χ4v) is 4.00. The Balaban J connectivity index is 2.12. The highest BCUT2D eigenvalue weighted by molar-refractivity contribution is 7.66. The highest BCUT2D eigenvalue weighted by atomic mass is 31.2. The van der Waals surface area contributed by atoms with Gasteiger partial charge in [0.2, 0.25) is 13.3 Å². The molecule has 4 nitrogen and oxygen atoms in total. The van der Waals surface area contributed by atoms with E-state index in [1.165, 1.54) is 13.2 Å². The normalized spacial score (nSPS) is 14.2. The lowest BCUT2D eigenvalue weighted by Crippen LogP contribution is -2.07. The summed E-state index contributed by atoms with van der Waals surface area (Å²) < 4.78 is 49.7. The maximum absolute atomic E-state index is 13.2. The second-order valence-electron chi connectivity index (χ2n) is 5.23. The van der Waals surface area contributed by atoms with E-state index in [9.17, 15) is 13.3 Å². The van der Waals surface area contributed by atoms with Crippen molar-refractivity contribution in [2.45, 2.75) is 13.3 Å². The molecule has 1 heterocycles. The molecule has 0 fully saturated rings. The second-order valence-corrected chi connectivity index (χ2v) is 8.09. The third-order valence-corrected chi connectivity index (χ3v) is 6.39. The van der Waals surface area contributed by atoms with E-state index in [2.05, 4.69) is 4.98 Å². The summed E-state index contributed by atoms with van der Waals surface area (Å²) >= 11 is 0. The SMILES string of the molecule is CCP(=O)(OC)c1ccc2oc(-c3ccccc3C(F)F)nc2c1. The van der Waals surface area contributed by atoms with Gasteiger partial charge in [-0.15, -0.1) is 0 Å². The summed E-state index contributed by atoms with van der Waals surface area (Å²) in [5.74, 6) is 0.113. The van der Waals surface area contributed by atoms with E-state index < -0.39 is 13.8 Å². The molecule has 0 saturated carbocycles. The van der Waals surface area contributed by atoms with Gasteiger partial charge in [-0.3, -0.25) is 4.57 Å². The lowest BCUT2D eigenvalue weighted by molar-refractivity contribution is 0.152. The van der Waals surface area contributed by atoms with Crippen molar-refractivity contribution in [2.75, 3.05) is 13.3 Å². The number of hydrogen-bond acceptors (Lipinski definition) is 4. The molecule has 0 aliphatic rings. The summed E-state index contributed by atoms with van der Waals surface area (Å²) in [6.45, 7) is 1.78. The molecule has 126 valence electrons. The third-order valence-electron chi connectivity index (χ3n) is 3.90. The predicted octanol–water partition coefficient (Wildman–Crippen LogP) is 5.00. The average Bonchev–Trinajstić information content (AvgIpc) is 3.04. The Morgan fingerprint density at radius 1 is 1.25 bits per heavy atom. The summed E-state index contributed by atoms with van der Waals surface area (Å²) in [7, 11) is -1.52. The number of alkyl halides is 2. The van der Waals surface area contributed by atoms with Gasteiger partial charge in [0.05, 0.1) is 0 Å². The van der Waals surface area contributed by atoms with Crippen molar-refractivity contribution in [3.05, 3.63) is 48.0 Å². The molecule has 24 heavy (non-hydrogen) atoms. The van der Waals surface area contributed by atoms with Crippen LogP contribution < -0.4 is 5.30 Å². The molecule has 0 spiro atoms. The number of aromatic nitrogens is 1. The standard InChI is InChI=1S/C17H16F2NO3P/c1-3-24(21,22-2)11-8-9-15-14(10-11)20-17(23-15)13-7-5-4-6-12(13)16(18)19/h4-10,16H,3H2,1-2H3. The van der Waals surface area contributed by atoms with Gasteiger partial charge in [0, 0.05) is 29.7 Å². The lowest BCUT2D eigenvalue weighted by atomic mass is 10.1. The molecule has 3 aromatic rings. The first kappa shape index (κ1) is 16.8. The molecule has 0 N–H and O–H groups in total. The molecule has 0 radical (unpaired) electrons. The van der Waals surface area contributed by atoms with Gasteiger partial charge in [-0.05, 0) is 24.3 Å². The van der Waals surface area contributed by atoms with Crippen molar-refractivity contribution in [3.63, 3.8) is 0 Å². The van der Waals surface area contributed by atoms with E-state index in [1.807, 2.05) is 0 Å². The largest absolute Gasteiger partial charge is 0.436 e. The smallest absolute Gasteiger partial charge is 0.264 e. The summed E-state index contributed by atoms with van der Waals surface area (Å²) in [6.07, 6.45) is -2.27. The van der Waals surface area contributed by atoms with Crippen molar-refractivity contribution in [2.24, 2.45) is 0 Å². The first-order valence-electron chi connectivity index (χ1n) is 7.42. The molecule has 1 unspecified atom stereocenters. The Bertz CT molecular complexity index is 915. The number of nitrogens with zero attached hydrogens (tertiary/aromatic N) is 1. The molecule has 2 aromatic carbocycles. The second kappa shape index (κ2) is 6.46. The van der Waals surface area contributed by atoms with Crippen LogP contribution in [0, 0.1) is 0 Å². The van der Waals surface area contributed by atoms with E-state index in [-0.39, 0.29) is 17.0 Å². The van der Waals surface area contributed by atoms with E-state index in [4.69, 9.17) is 8.94 Å². The van der Waals surface area contributed by atoms with E-state index in [1.54, 1.807) is 43.3 Å². The van der Waals surface area contributed by atoms with Crippen LogP contribution in [0.2, 0.25) is 0 Å². The molecule has 0 amide bonds. The van der Waals surface area contributed by atoms with E-state index in [0.29, 0.717) is 22.6 Å². The highest BCUT2D eigenvalue weighted by Crippen LogP contribution is 2.44. The minimum atomic E-state index is -2.93. The number of oxazole rings is 1. The first-order valence-corrected chi connectivity index (χ1v) is 9.23. The lowest BCUT2D eigenvalue weighted by Gasteiger charge is -2.13. The quantitative estimate of drug-likeness (QED) is 0.607. The molecule has 7 heteroatoms. The molecule has 0 saturated heterocycles. The van der Waals surface area contributed by atoms with Crippen LogP contribution in [0.5, 0.6) is 0 Å². The van der Waals surface area contributed by atoms with Crippen LogP contribution in [0.25, 0.3) is 22.6 Å². The third kappa shape index (κ3) is 2.87. The maximum atomic E-state index is 13.2. The van der Waals surface area contributed by atoms with Crippen LogP contribution >= 0.6 is 7.37 Å². The van der Waals surface area contributed by atoms with Gasteiger partial charge in [0.1, 0.15) is 5.52 Å². The Labute approximate surface area is 137 Å². The van der Waals surface area contributed by atoms with Crippen LogP contribution in [0.4, 0.5) is 8.78 Å². The topological polar surface area (TPSA) is 52.3 Å². The monoisotopic (exact) mass is 351 g/mol. The zero-order chi connectivity index (χ0) is 17.3. The van der Waals surface area contributed by atoms with Crippen LogP contribution in [-0.4, -0.2) is 18.3 Å². The Hall–Kier alpha value is -2.04. The van der Waals surface area contributed by atoms with Crippen molar-refractivity contribution >= 4 is 23.8 Å². The summed E-state index contributed by atoms with van der Waals surface area (Å²) in [5.41, 5.74) is 1.00. The Morgan fingerprint density at radius 2 is 2.00 bits per heavy atom. The minimum absolute atomic E-state index is 0.113. The van der Waals surface area contributed by atoms with Crippen LogP contribution in [-0.2, 0) is 9.09 Å². The van der Waals surface area contributed by atoms with Gasteiger partial charge < -0.3 is 8.94 Å². The zero-order valence-electron chi connectivity index (χ0n) is 13.2. The molecule has 0 bridgehead atoms. The molecule has 1 aromatic heterocycles. The molecule has 3 rings (SSSR count). The van der Waals surface area contributed by atoms with Crippen LogP contribution in [0.3, 0.4) is 0 Å².